The number of carbonyl (C=O) groups excluding carboxylic acids is 1. The van der Waals surface area contributed by atoms with Gasteiger partial charge >= 0.3 is 0 Å². The van der Waals surface area contributed by atoms with Gasteiger partial charge in [0.2, 0.25) is 17.7 Å². The molecule has 2 heterocycles. The van der Waals surface area contributed by atoms with Crippen LogP contribution < -0.4 is 5.56 Å². The monoisotopic (exact) mass is 455 g/mol. The lowest BCUT2D eigenvalue weighted by atomic mass is 10.2. The Morgan fingerprint density at radius 2 is 2.03 bits per heavy atom. The van der Waals surface area contributed by atoms with Crippen molar-refractivity contribution in [2.24, 2.45) is 0 Å². The van der Waals surface area contributed by atoms with E-state index in [1.54, 1.807) is 24.3 Å². The van der Waals surface area contributed by atoms with Crippen molar-refractivity contribution in [2.45, 2.75) is 26.4 Å². The molecule has 2 aromatic carbocycles. The van der Waals surface area contributed by atoms with Gasteiger partial charge in [0.1, 0.15) is 12.4 Å². The fraction of sp³-hybridized carbons (Fsp3) is 0.227. The Bertz CT molecular complexity index is 1340. The van der Waals surface area contributed by atoms with Crippen molar-refractivity contribution in [1.82, 2.24) is 24.6 Å². The number of halogens is 2. The predicted octanol–water partition coefficient (Wildman–Crippen LogP) is 3.68. The largest absolute Gasteiger partial charge is 0.419 e. The Morgan fingerprint density at radius 1 is 1.22 bits per heavy atom. The SMILES string of the molecule is CCCN(Cc1nnc(-c2ccccc2Cl)o1)C(=O)Cn1cnc2ccc(F)cc2c1=O. The maximum Gasteiger partial charge on any atom is 0.261 e. The highest BCUT2D eigenvalue weighted by Gasteiger charge is 2.19. The number of carbonyl (C=O) groups is 1. The van der Waals surface area contributed by atoms with Crippen LogP contribution >= 0.6 is 11.6 Å². The molecule has 1 amide bonds. The van der Waals surface area contributed by atoms with Gasteiger partial charge in [-0.05, 0) is 36.8 Å². The Labute approximate surface area is 187 Å². The lowest BCUT2D eigenvalue weighted by Gasteiger charge is -2.20. The molecule has 0 aliphatic heterocycles. The van der Waals surface area contributed by atoms with Gasteiger partial charge in [0.05, 0.1) is 34.4 Å². The average Bonchev–Trinajstić information content (AvgIpc) is 3.24. The van der Waals surface area contributed by atoms with Crippen molar-refractivity contribution in [1.29, 1.82) is 0 Å². The molecule has 0 N–H and O–H groups in total. The molecular formula is C22H19ClFN5O3. The van der Waals surface area contributed by atoms with Crippen LogP contribution in [0.15, 0.2) is 58.0 Å². The van der Waals surface area contributed by atoms with Crippen LogP contribution in [0.2, 0.25) is 5.02 Å². The van der Waals surface area contributed by atoms with E-state index < -0.39 is 11.4 Å². The molecule has 0 atom stereocenters. The molecule has 2 aromatic heterocycles. The maximum atomic E-state index is 13.5. The third kappa shape index (κ3) is 4.52. The molecule has 0 unspecified atom stereocenters. The van der Waals surface area contributed by atoms with Crippen molar-refractivity contribution in [3.63, 3.8) is 0 Å². The zero-order chi connectivity index (χ0) is 22.7. The van der Waals surface area contributed by atoms with Crippen molar-refractivity contribution in [2.75, 3.05) is 6.54 Å². The second kappa shape index (κ2) is 9.27. The van der Waals surface area contributed by atoms with Gasteiger partial charge in [0.15, 0.2) is 0 Å². The Morgan fingerprint density at radius 3 is 2.81 bits per heavy atom. The molecule has 0 fully saturated rings. The number of amides is 1. The summed E-state index contributed by atoms with van der Waals surface area (Å²) < 4.78 is 20.4. The van der Waals surface area contributed by atoms with E-state index >= 15 is 0 Å². The molecule has 0 radical (unpaired) electrons. The summed E-state index contributed by atoms with van der Waals surface area (Å²) in [6.45, 7) is 2.18. The van der Waals surface area contributed by atoms with E-state index in [0.717, 1.165) is 10.6 Å². The normalized spacial score (nSPS) is 11.1. The highest BCUT2D eigenvalue weighted by atomic mass is 35.5. The van der Waals surface area contributed by atoms with E-state index in [9.17, 15) is 14.0 Å². The van der Waals surface area contributed by atoms with Crippen LogP contribution in [-0.2, 0) is 17.9 Å². The molecule has 0 aliphatic carbocycles. The summed E-state index contributed by atoms with van der Waals surface area (Å²) >= 11 is 6.18. The molecule has 164 valence electrons. The lowest BCUT2D eigenvalue weighted by molar-refractivity contribution is -0.132. The summed E-state index contributed by atoms with van der Waals surface area (Å²) in [5, 5.41) is 8.63. The number of benzene rings is 2. The topological polar surface area (TPSA) is 94.1 Å². The van der Waals surface area contributed by atoms with E-state index in [-0.39, 0.29) is 36.2 Å². The summed E-state index contributed by atoms with van der Waals surface area (Å²) in [6.07, 6.45) is 1.97. The van der Waals surface area contributed by atoms with Gasteiger partial charge < -0.3 is 9.32 Å². The van der Waals surface area contributed by atoms with Gasteiger partial charge in [-0.15, -0.1) is 10.2 Å². The molecule has 0 bridgehead atoms. The van der Waals surface area contributed by atoms with Gasteiger partial charge in [-0.2, -0.15) is 0 Å². The molecule has 8 nitrogen and oxygen atoms in total. The highest BCUT2D eigenvalue weighted by Crippen LogP contribution is 2.26. The minimum absolute atomic E-state index is 0.0779. The van der Waals surface area contributed by atoms with Crippen molar-refractivity contribution >= 4 is 28.4 Å². The van der Waals surface area contributed by atoms with Crippen LogP contribution in [0.3, 0.4) is 0 Å². The Balaban J connectivity index is 1.54. The van der Waals surface area contributed by atoms with Gasteiger partial charge in [-0.25, -0.2) is 9.37 Å². The van der Waals surface area contributed by atoms with Crippen LogP contribution in [0, 0.1) is 5.82 Å². The molecule has 0 saturated carbocycles. The summed E-state index contributed by atoms with van der Waals surface area (Å²) in [7, 11) is 0. The third-order valence-corrected chi connectivity index (χ3v) is 5.16. The van der Waals surface area contributed by atoms with E-state index in [2.05, 4.69) is 15.2 Å². The first-order valence-electron chi connectivity index (χ1n) is 9.96. The van der Waals surface area contributed by atoms with Gasteiger partial charge in [0, 0.05) is 6.54 Å². The van der Waals surface area contributed by atoms with Gasteiger partial charge in [0.25, 0.3) is 5.56 Å². The van der Waals surface area contributed by atoms with E-state index in [4.69, 9.17) is 16.0 Å². The minimum Gasteiger partial charge on any atom is -0.419 e. The zero-order valence-electron chi connectivity index (χ0n) is 17.2. The van der Waals surface area contributed by atoms with E-state index in [0.29, 0.717) is 29.1 Å². The number of rotatable bonds is 7. The number of aromatic nitrogens is 4. The number of fused-ring (bicyclic) bond motifs is 1. The fourth-order valence-corrected chi connectivity index (χ4v) is 3.49. The molecule has 10 heteroatoms. The summed E-state index contributed by atoms with van der Waals surface area (Å²) in [6, 6.07) is 10.8. The molecule has 4 aromatic rings. The standard InChI is InChI=1S/C22H19ClFN5O3/c1-2-9-28(11-19-26-27-21(32-19)15-5-3-4-6-17(15)23)20(30)12-29-13-25-18-8-7-14(24)10-16(18)22(29)31/h3-8,10,13H,2,9,11-12H2,1H3. The van der Waals surface area contributed by atoms with Crippen molar-refractivity contribution < 1.29 is 13.6 Å². The number of hydrogen-bond donors (Lipinski definition) is 0. The fourth-order valence-electron chi connectivity index (χ4n) is 3.28. The molecule has 4 rings (SSSR count). The lowest BCUT2D eigenvalue weighted by Crippen LogP contribution is -2.36. The first-order valence-corrected chi connectivity index (χ1v) is 10.3. The van der Waals surface area contributed by atoms with Crippen LogP contribution in [0.25, 0.3) is 22.4 Å². The Hall–Kier alpha value is -3.59. The van der Waals surface area contributed by atoms with Crippen LogP contribution in [-0.4, -0.2) is 37.1 Å². The second-order valence-electron chi connectivity index (χ2n) is 7.14. The van der Waals surface area contributed by atoms with Crippen molar-refractivity contribution in [3.8, 4) is 11.5 Å². The number of hydrogen-bond acceptors (Lipinski definition) is 6. The second-order valence-corrected chi connectivity index (χ2v) is 7.54. The van der Waals surface area contributed by atoms with Crippen LogP contribution in [0.5, 0.6) is 0 Å². The zero-order valence-corrected chi connectivity index (χ0v) is 17.9. The van der Waals surface area contributed by atoms with E-state index in [1.165, 1.54) is 23.4 Å². The Kier molecular flexibility index (Phi) is 6.27. The molecular weight excluding hydrogens is 437 g/mol. The van der Waals surface area contributed by atoms with Gasteiger partial charge in [-0.3, -0.25) is 14.2 Å². The molecule has 0 spiro atoms. The predicted molar refractivity (Wildman–Crippen MR) is 116 cm³/mol. The van der Waals surface area contributed by atoms with Crippen molar-refractivity contribution in [3.05, 3.63) is 75.9 Å². The van der Waals surface area contributed by atoms with Crippen LogP contribution in [0.4, 0.5) is 4.39 Å². The quantitative estimate of drug-likeness (QED) is 0.422. The van der Waals surface area contributed by atoms with E-state index in [1.807, 2.05) is 6.92 Å². The summed E-state index contributed by atoms with van der Waals surface area (Å²) in [4.78, 5) is 31.3. The first kappa shape index (κ1) is 21.6. The molecule has 0 aliphatic rings. The smallest absolute Gasteiger partial charge is 0.261 e. The summed E-state index contributed by atoms with van der Waals surface area (Å²) in [5.41, 5.74) is 0.476. The van der Waals surface area contributed by atoms with Crippen LogP contribution in [0.1, 0.15) is 19.2 Å². The average molecular weight is 456 g/mol. The molecule has 32 heavy (non-hydrogen) atoms. The first-order chi connectivity index (χ1) is 15.5. The third-order valence-electron chi connectivity index (χ3n) is 4.84. The minimum atomic E-state index is -0.543. The summed E-state index contributed by atoms with van der Waals surface area (Å²) in [5.74, 6) is -0.373. The molecule has 0 saturated heterocycles. The maximum absolute atomic E-state index is 13.5. The van der Waals surface area contributed by atoms with Gasteiger partial charge in [-0.1, -0.05) is 30.7 Å². The highest BCUT2D eigenvalue weighted by molar-refractivity contribution is 6.33. The number of nitrogens with zero attached hydrogens (tertiary/aromatic N) is 5.